The minimum absolute atomic E-state index is 0.0674. The van der Waals surface area contributed by atoms with Crippen molar-refractivity contribution in [3.05, 3.63) is 64.7 Å². The summed E-state index contributed by atoms with van der Waals surface area (Å²) in [7, 11) is 0. The molecule has 0 saturated carbocycles. The summed E-state index contributed by atoms with van der Waals surface area (Å²) < 4.78 is 40.0. The fourth-order valence-corrected chi connectivity index (χ4v) is 4.57. The van der Waals surface area contributed by atoms with Crippen LogP contribution >= 0.6 is 11.3 Å². The zero-order chi connectivity index (χ0) is 19.0. The van der Waals surface area contributed by atoms with Crippen LogP contribution < -0.4 is 0 Å². The highest BCUT2D eigenvalue weighted by Gasteiger charge is 2.34. The Morgan fingerprint density at radius 3 is 2.70 bits per heavy atom. The molecular formula is C20H17F3N2OS. The van der Waals surface area contributed by atoms with Gasteiger partial charge in [0.25, 0.3) is 5.91 Å². The molecule has 0 bridgehead atoms. The fourth-order valence-electron chi connectivity index (χ4n) is 3.46. The van der Waals surface area contributed by atoms with Gasteiger partial charge in [-0.25, -0.2) is 4.98 Å². The largest absolute Gasteiger partial charge is 0.416 e. The van der Waals surface area contributed by atoms with Gasteiger partial charge in [-0.3, -0.25) is 4.79 Å². The topological polar surface area (TPSA) is 33.2 Å². The van der Waals surface area contributed by atoms with Gasteiger partial charge < -0.3 is 4.90 Å². The maximum Gasteiger partial charge on any atom is 0.416 e. The van der Waals surface area contributed by atoms with Crippen LogP contribution in [0.1, 0.15) is 46.2 Å². The summed E-state index contributed by atoms with van der Waals surface area (Å²) in [6.07, 6.45) is -1.89. The van der Waals surface area contributed by atoms with Crippen molar-refractivity contribution in [1.29, 1.82) is 0 Å². The number of nitrogens with zero attached hydrogens (tertiary/aromatic N) is 2. The molecule has 2 aromatic carbocycles. The van der Waals surface area contributed by atoms with E-state index in [9.17, 15) is 18.0 Å². The summed E-state index contributed by atoms with van der Waals surface area (Å²) >= 11 is 1.54. The average molecular weight is 390 g/mol. The van der Waals surface area contributed by atoms with Crippen molar-refractivity contribution < 1.29 is 18.0 Å². The number of halogens is 3. The van der Waals surface area contributed by atoms with E-state index in [1.54, 1.807) is 16.2 Å². The van der Waals surface area contributed by atoms with Crippen LogP contribution in [-0.4, -0.2) is 22.3 Å². The SMILES string of the molecule is O=C(c1cccc(C(F)(F)F)c1)N1CCCCC1c1nc2ccccc2s1. The molecule has 0 N–H and O–H groups in total. The molecule has 1 unspecified atom stereocenters. The van der Waals surface area contributed by atoms with Crippen LogP contribution in [0.3, 0.4) is 0 Å². The highest BCUT2D eigenvalue weighted by molar-refractivity contribution is 7.18. The number of likely N-dealkylation sites (tertiary alicyclic amines) is 1. The molecule has 4 rings (SSSR count). The zero-order valence-corrected chi connectivity index (χ0v) is 15.2. The molecule has 1 aliphatic rings. The van der Waals surface area contributed by atoms with Crippen molar-refractivity contribution >= 4 is 27.5 Å². The van der Waals surface area contributed by atoms with Crippen LogP contribution in [0, 0.1) is 0 Å². The molecule has 3 aromatic rings. The van der Waals surface area contributed by atoms with Crippen LogP contribution in [0.2, 0.25) is 0 Å². The highest BCUT2D eigenvalue weighted by Crippen LogP contribution is 2.37. The van der Waals surface area contributed by atoms with Gasteiger partial charge in [0, 0.05) is 12.1 Å². The van der Waals surface area contributed by atoms with Crippen molar-refractivity contribution in [2.24, 2.45) is 0 Å². The third-order valence-electron chi connectivity index (χ3n) is 4.80. The Hall–Kier alpha value is -2.41. The lowest BCUT2D eigenvalue weighted by molar-refractivity contribution is -0.137. The van der Waals surface area contributed by atoms with E-state index in [0.29, 0.717) is 6.54 Å². The predicted molar refractivity (Wildman–Crippen MR) is 98.7 cm³/mol. The monoisotopic (exact) mass is 390 g/mol. The van der Waals surface area contributed by atoms with Gasteiger partial charge in [0.05, 0.1) is 21.8 Å². The van der Waals surface area contributed by atoms with Gasteiger partial charge in [-0.15, -0.1) is 11.3 Å². The Kier molecular flexibility index (Phi) is 4.63. The standard InChI is InChI=1S/C20H17F3N2OS/c21-20(22,23)14-7-5-6-13(12-14)19(26)25-11-4-3-9-16(25)18-24-15-8-1-2-10-17(15)27-18/h1-2,5-8,10,12,16H,3-4,9,11H2. The predicted octanol–water partition coefficient (Wildman–Crippen LogP) is 5.68. The van der Waals surface area contributed by atoms with Crippen LogP contribution in [-0.2, 0) is 6.18 Å². The molecule has 0 radical (unpaired) electrons. The summed E-state index contributed by atoms with van der Waals surface area (Å²) in [5.41, 5.74) is 0.147. The van der Waals surface area contributed by atoms with Crippen LogP contribution in [0.4, 0.5) is 13.2 Å². The second kappa shape index (κ2) is 6.96. The molecule has 2 heterocycles. The minimum atomic E-state index is -4.47. The number of carbonyl (C=O) groups is 1. The molecule has 1 atom stereocenters. The molecule has 0 spiro atoms. The van der Waals surface area contributed by atoms with Gasteiger partial charge in [-0.05, 0) is 49.6 Å². The number of rotatable bonds is 2. The molecule has 1 saturated heterocycles. The summed E-state index contributed by atoms with van der Waals surface area (Å²) in [4.78, 5) is 19.4. The van der Waals surface area contributed by atoms with Gasteiger partial charge in [0.1, 0.15) is 5.01 Å². The lowest BCUT2D eigenvalue weighted by atomic mass is 10.0. The number of amides is 1. The maximum atomic E-state index is 13.0. The van der Waals surface area contributed by atoms with Crippen LogP contribution in [0.15, 0.2) is 48.5 Å². The maximum absolute atomic E-state index is 13.0. The van der Waals surface area contributed by atoms with Crippen molar-refractivity contribution in [2.45, 2.75) is 31.5 Å². The minimum Gasteiger partial charge on any atom is -0.329 e. The van der Waals surface area contributed by atoms with Crippen LogP contribution in [0.25, 0.3) is 10.2 Å². The van der Waals surface area contributed by atoms with Gasteiger partial charge in [0.2, 0.25) is 0 Å². The first-order chi connectivity index (χ1) is 12.9. The third kappa shape index (κ3) is 3.56. The van der Waals surface area contributed by atoms with Crippen molar-refractivity contribution in [1.82, 2.24) is 9.88 Å². The van der Waals surface area contributed by atoms with Crippen LogP contribution in [0.5, 0.6) is 0 Å². The Labute approximate surface area is 158 Å². The second-order valence-electron chi connectivity index (χ2n) is 6.61. The first-order valence-electron chi connectivity index (χ1n) is 8.77. The van der Waals surface area contributed by atoms with E-state index < -0.39 is 11.7 Å². The summed E-state index contributed by atoms with van der Waals surface area (Å²) in [5, 5.41) is 0.844. The number of thiazole rings is 1. The number of fused-ring (bicyclic) bond motifs is 1. The molecular weight excluding hydrogens is 373 g/mol. The first kappa shape index (κ1) is 18.0. The van der Waals surface area contributed by atoms with E-state index in [1.165, 1.54) is 12.1 Å². The number of piperidine rings is 1. The first-order valence-corrected chi connectivity index (χ1v) is 9.59. The molecule has 140 valence electrons. The number of aromatic nitrogens is 1. The van der Waals surface area contributed by atoms with Crippen molar-refractivity contribution in [3.8, 4) is 0 Å². The Bertz CT molecular complexity index is 950. The number of hydrogen-bond acceptors (Lipinski definition) is 3. The molecule has 7 heteroatoms. The summed E-state index contributed by atoms with van der Waals surface area (Å²) in [6, 6.07) is 12.2. The average Bonchev–Trinajstić information content (AvgIpc) is 3.11. The Balaban J connectivity index is 1.67. The van der Waals surface area contributed by atoms with Gasteiger partial charge in [-0.1, -0.05) is 18.2 Å². The van der Waals surface area contributed by atoms with E-state index >= 15 is 0 Å². The molecule has 1 aromatic heterocycles. The molecule has 1 fully saturated rings. The molecule has 1 aliphatic heterocycles. The van der Waals surface area contributed by atoms with Gasteiger partial charge in [0.15, 0.2) is 0 Å². The number of para-hydroxylation sites is 1. The second-order valence-corrected chi connectivity index (χ2v) is 7.67. The Morgan fingerprint density at radius 1 is 1.11 bits per heavy atom. The lowest BCUT2D eigenvalue weighted by Crippen LogP contribution is -2.38. The van der Waals surface area contributed by atoms with Gasteiger partial charge in [-0.2, -0.15) is 13.2 Å². The number of alkyl halides is 3. The van der Waals surface area contributed by atoms with E-state index in [1.807, 2.05) is 24.3 Å². The lowest BCUT2D eigenvalue weighted by Gasteiger charge is -2.34. The van der Waals surface area contributed by atoms with E-state index in [0.717, 1.165) is 46.6 Å². The summed E-state index contributed by atoms with van der Waals surface area (Å²) in [6.45, 7) is 0.523. The van der Waals surface area contributed by atoms with E-state index in [2.05, 4.69) is 4.98 Å². The molecule has 3 nitrogen and oxygen atoms in total. The van der Waals surface area contributed by atoms with Crippen molar-refractivity contribution in [2.75, 3.05) is 6.54 Å². The number of hydrogen-bond donors (Lipinski definition) is 0. The molecule has 1 amide bonds. The van der Waals surface area contributed by atoms with Gasteiger partial charge >= 0.3 is 6.18 Å². The zero-order valence-electron chi connectivity index (χ0n) is 14.4. The third-order valence-corrected chi connectivity index (χ3v) is 5.93. The normalized spacial score (nSPS) is 18.0. The van der Waals surface area contributed by atoms with E-state index in [-0.39, 0.29) is 17.5 Å². The number of benzene rings is 2. The highest BCUT2D eigenvalue weighted by atomic mass is 32.1. The van der Waals surface area contributed by atoms with E-state index in [4.69, 9.17) is 0 Å². The quantitative estimate of drug-likeness (QED) is 0.564. The van der Waals surface area contributed by atoms with Crippen molar-refractivity contribution in [3.63, 3.8) is 0 Å². The smallest absolute Gasteiger partial charge is 0.329 e. The molecule has 0 aliphatic carbocycles. The summed E-state index contributed by atoms with van der Waals surface area (Å²) in [5.74, 6) is -0.370. The Morgan fingerprint density at radius 2 is 1.93 bits per heavy atom. The fraction of sp³-hybridized carbons (Fsp3) is 0.300. The number of carbonyl (C=O) groups excluding carboxylic acids is 1. The molecule has 27 heavy (non-hydrogen) atoms.